The average molecular weight is 269 g/mol. The molecule has 0 saturated heterocycles. The Morgan fingerprint density at radius 2 is 2.22 bits per heavy atom. The Balaban J connectivity index is 1.88. The van der Waals surface area contributed by atoms with E-state index in [1.54, 1.807) is 7.11 Å². The number of halogens is 1. The topological polar surface area (TPSA) is 46.5 Å². The lowest BCUT2D eigenvalue weighted by atomic mass is 9.70. The molecule has 0 spiro atoms. The van der Waals surface area contributed by atoms with Crippen molar-refractivity contribution in [2.24, 2.45) is 5.92 Å². The molecule has 0 aliphatic heterocycles. The maximum atomic E-state index is 10.5. The summed E-state index contributed by atoms with van der Waals surface area (Å²) in [6.45, 7) is 0. The minimum atomic E-state index is -0.703. The number of methoxy groups -OCH3 is 1. The molecule has 18 heavy (non-hydrogen) atoms. The zero-order valence-corrected chi connectivity index (χ0v) is 11.1. The number of rotatable bonds is 5. The predicted molar refractivity (Wildman–Crippen MR) is 70.3 cm³/mol. The fourth-order valence-electron chi connectivity index (χ4n) is 2.51. The Kier molecular flexibility index (Phi) is 4.12. The molecule has 0 amide bonds. The van der Waals surface area contributed by atoms with Crippen molar-refractivity contribution in [3.8, 4) is 5.75 Å². The molecule has 1 N–H and O–H groups in total. The lowest BCUT2D eigenvalue weighted by Crippen LogP contribution is -2.22. The Morgan fingerprint density at radius 1 is 1.50 bits per heavy atom. The van der Waals surface area contributed by atoms with Gasteiger partial charge in [0.2, 0.25) is 0 Å². The number of aliphatic carboxylic acids is 1. The first-order valence-electron chi connectivity index (χ1n) is 6.15. The Bertz CT molecular complexity index is 439. The lowest BCUT2D eigenvalue weighted by molar-refractivity contribution is -0.137. The normalized spacial score (nSPS) is 22.3. The molecule has 2 rings (SSSR count). The van der Waals surface area contributed by atoms with Crippen LogP contribution in [0.2, 0.25) is 5.02 Å². The molecule has 0 atom stereocenters. The summed E-state index contributed by atoms with van der Waals surface area (Å²) in [5.41, 5.74) is 1.23. The van der Waals surface area contributed by atoms with E-state index in [0.717, 1.165) is 19.3 Å². The summed E-state index contributed by atoms with van der Waals surface area (Å²) < 4.78 is 5.12. The van der Waals surface area contributed by atoms with Gasteiger partial charge in [0, 0.05) is 6.42 Å². The molecule has 1 aromatic rings. The Morgan fingerprint density at radius 3 is 2.78 bits per heavy atom. The highest BCUT2D eigenvalue weighted by Gasteiger charge is 2.30. The van der Waals surface area contributed by atoms with Crippen LogP contribution in [0.4, 0.5) is 0 Å². The summed E-state index contributed by atoms with van der Waals surface area (Å²) in [5.74, 6) is 1.06. The van der Waals surface area contributed by atoms with Crippen LogP contribution in [0.3, 0.4) is 0 Å². The van der Waals surface area contributed by atoms with E-state index in [1.807, 2.05) is 18.2 Å². The van der Waals surface area contributed by atoms with Crippen LogP contribution in [-0.4, -0.2) is 18.2 Å². The second-order valence-electron chi connectivity index (χ2n) is 4.86. The van der Waals surface area contributed by atoms with Gasteiger partial charge in [0.25, 0.3) is 0 Å². The van der Waals surface area contributed by atoms with E-state index >= 15 is 0 Å². The number of hydrogen-bond acceptors (Lipinski definition) is 2. The van der Waals surface area contributed by atoms with Crippen molar-refractivity contribution in [3.05, 3.63) is 28.8 Å². The van der Waals surface area contributed by atoms with E-state index < -0.39 is 5.97 Å². The second kappa shape index (κ2) is 5.61. The number of benzene rings is 1. The first-order chi connectivity index (χ1) is 8.60. The van der Waals surface area contributed by atoms with Gasteiger partial charge in [-0.2, -0.15) is 0 Å². The third kappa shape index (κ3) is 2.96. The van der Waals surface area contributed by atoms with Gasteiger partial charge in [0.05, 0.1) is 12.1 Å². The van der Waals surface area contributed by atoms with Crippen molar-refractivity contribution in [2.75, 3.05) is 7.11 Å². The highest BCUT2D eigenvalue weighted by molar-refractivity contribution is 6.32. The lowest BCUT2D eigenvalue weighted by Gasteiger charge is -2.35. The van der Waals surface area contributed by atoms with Crippen LogP contribution in [-0.2, 0) is 4.79 Å². The summed E-state index contributed by atoms with van der Waals surface area (Å²) in [6, 6.07) is 5.89. The molecular formula is C14H17ClO3. The number of carboxylic acids is 1. The summed E-state index contributed by atoms with van der Waals surface area (Å²) in [5, 5.41) is 9.27. The molecular weight excluding hydrogens is 252 g/mol. The largest absolute Gasteiger partial charge is 0.495 e. The van der Waals surface area contributed by atoms with Gasteiger partial charge in [-0.05, 0) is 48.8 Å². The van der Waals surface area contributed by atoms with Crippen LogP contribution < -0.4 is 4.74 Å². The van der Waals surface area contributed by atoms with Gasteiger partial charge in [0.15, 0.2) is 0 Å². The van der Waals surface area contributed by atoms with E-state index in [9.17, 15) is 4.79 Å². The fourth-order valence-corrected chi connectivity index (χ4v) is 2.77. The average Bonchev–Trinajstić information content (AvgIpc) is 2.26. The molecule has 0 bridgehead atoms. The minimum Gasteiger partial charge on any atom is -0.495 e. The van der Waals surface area contributed by atoms with Crippen molar-refractivity contribution < 1.29 is 14.6 Å². The van der Waals surface area contributed by atoms with Crippen LogP contribution in [0.25, 0.3) is 0 Å². The second-order valence-corrected chi connectivity index (χ2v) is 5.27. The minimum absolute atomic E-state index is 0.279. The maximum Gasteiger partial charge on any atom is 0.303 e. The van der Waals surface area contributed by atoms with E-state index in [1.165, 1.54) is 5.56 Å². The fraction of sp³-hybridized carbons (Fsp3) is 0.500. The van der Waals surface area contributed by atoms with Crippen molar-refractivity contribution >= 4 is 17.6 Å². The van der Waals surface area contributed by atoms with Gasteiger partial charge in [-0.25, -0.2) is 0 Å². The van der Waals surface area contributed by atoms with Crippen molar-refractivity contribution in [1.29, 1.82) is 0 Å². The number of hydrogen-bond donors (Lipinski definition) is 1. The van der Waals surface area contributed by atoms with E-state index in [4.69, 9.17) is 21.4 Å². The van der Waals surface area contributed by atoms with Crippen LogP contribution in [0.5, 0.6) is 5.75 Å². The highest BCUT2D eigenvalue weighted by atomic mass is 35.5. The molecule has 0 aromatic heterocycles. The number of carbonyl (C=O) groups is 1. The molecule has 1 aromatic carbocycles. The third-order valence-electron chi connectivity index (χ3n) is 3.65. The van der Waals surface area contributed by atoms with Crippen molar-refractivity contribution in [2.45, 2.75) is 31.6 Å². The number of carboxylic acid groups (broad SMARTS) is 1. The quantitative estimate of drug-likeness (QED) is 0.886. The summed E-state index contributed by atoms with van der Waals surface area (Å²) >= 11 is 6.09. The predicted octanol–water partition coefficient (Wildman–Crippen LogP) is 3.71. The first kappa shape index (κ1) is 13.2. The Labute approximate surface area is 112 Å². The molecule has 1 saturated carbocycles. The summed E-state index contributed by atoms with van der Waals surface area (Å²) in [6.07, 6.45) is 3.20. The zero-order chi connectivity index (χ0) is 13.1. The van der Waals surface area contributed by atoms with Crippen LogP contribution in [0.1, 0.15) is 37.2 Å². The Hall–Kier alpha value is -1.22. The molecule has 1 aliphatic carbocycles. The number of ether oxygens (including phenoxy) is 1. The summed E-state index contributed by atoms with van der Waals surface area (Å²) in [4.78, 5) is 10.5. The zero-order valence-electron chi connectivity index (χ0n) is 10.4. The van der Waals surface area contributed by atoms with Gasteiger partial charge in [-0.15, -0.1) is 0 Å². The van der Waals surface area contributed by atoms with Crippen LogP contribution in [0, 0.1) is 5.92 Å². The molecule has 1 aliphatic rings. The molecule has 0 heterocycles. The first-order valence-corrected chi connectivity index (χ1v) is 6.53. The van der Waals surface area contributed by atoms with Crippen molar-refractivity contribution in [3.63, 3.8) is 0 Å². The smallest absolute Gasteiger partial charge is 0.303 e. The van der Waals surface area contributed by atoms with Gasteiger partial charge < -0.3 is 9.84 Å². The molecule has 4 heteroatoms. The van der Waals surface area contributed by atoms with Crippen molar-refractivity contribution in [1.82, 2.24) is 0 Å². The molecule has 1 fully saturated rings. The van der Waals surface area contributed by atoms with Gasteiger partial charge in [-0.1, -0.05) is 17.7 Å². The molecule has 98 valence electrons. The molecule has 3 nitrogen and oxygen atoms in total. The summed E-state index contributed by atoms with van der Waals surface area (Å²) in [7, 11) is 1.60. The highest BCUT2D eigenvalue weighted by Crippen LogP contribution is 2.45. The van der Waals surface area contributed by atoms with Gasteiger partial charge in [-0.3, -0.25) is 4.79 Å². The van der Waals surface area contributed by atoms with Crippen LogP contribution >= 0.6 is 11.6 Å². The molecule has 0 unspecified atom stereocenters. The standard InChI is InChI=1S/C14H17ClO3/c1-18-13-4-3-10(8-12(13)15)11-6-9(7-11)2-5-14(16)17/h3-4,8-9,11H,2,5-7H2,1H3,(H,16,17). The van der Waals surface area contributed by atoms with E-state index in [0.29, 0.717) is 22.6 Å². The third-order valence-corrected chi connectivity index (χ3v) is 3.94. The van der Waals surface area contributed by atoms with E-state index in [2.05, 4.69) is 0 Å². The van der Waals surface area contributed by atoms with Gasteiger partial charge in [0.1, 0.15) is 5.75 Å². The maximum absolute atomic E-state index is 10.5. The van der Waals surface area contributed by atoms with E-state index in [-0.39, 0.29) is 6.42 Å². The monoisotopic (exact) mass is 268 g/mol. The van der Waals surface area contributed by atoms with Crippen LogP contribution in [0.15, 0.2) is 18.2 Å². The van der Waals surface area contributed by atoms with Gasteiger partial charge >= 0.3 is 5.97 Å². The SMILES string of the molecule is COc1ccc(C2CC(CCC(=O)O)C2)cc1Cl. The molecule has 0 radical (unpaired) electrons.